The molecule has 0 bridgehead atoms. The molecule has 1 saturated heterocycles. The summed E-state index contributed by atoms with van der Waals surface area (Å²) in [5.74, 6) is 0.767. The number of piperidine rings is 1. The van der Waals surface area contributed by atoms with Crippen molar-refractivity contribution in [3.63, 3.8) is 0 Å². The molecule has 1 saturated carbocycles. The van der Waals surface area contributed by atoms with Crippen molar-refractivity contribution < 1.29 is 18.7 Å². The molecule has 7 heteroatoms. The van der Waals surface area contributed by atoms with Crippen LogP contribution < -0.4 is 10.1 Å². The largest absolute Gasteiger partial charge is 0.490 e. The van der Waals surface area contributed by atoms with Crippen molar-refractivity contribution in [3.8, 4) is 5.75 Å². The molecule has 2 aromatic rings. The molecule has 172 valence electrons. The molecule has 6 nitrogen and oxygen atoms in total. The highest BCUT2D eigenvalue weighted by Gasteiger charge is 2.27. The standard InChI is InChI=1S/C25H32FN3O3/c1-3-4-24(31)29-9-7-17(8-10-29)15-32-23-12-18-21(13-20(23)26)28-14-19(25(18)27-2)22(30)11-16-5-6-16/h12-14,16-17H,3-11,15H2,1-2H3,(H,27,28). The summed E-state index contributed by atoms with van der Waals surface area (Å²) in [7, 11) is 1.76. The van der Waals surface area contributed by atoms with Gasteiger partial charge in [-0.05, 0) is 50.0 Å². The molecular formula is C25H32FN3O3. The Kier molecular flexibility index (Phi) is 6.92. The van der Waals surface area contributed by atoms with Crippen molar-refractivity contribution in [1.82, 2.24) is 9.88 Å². The minimum Gasteiger partial charge on any atom is -0.490 e. The van der Waals surface area contributed by atoms with Crippen molar-refractivity contribution in [2.45, 2.75) is 51.9 Å². The zero-order valence-corrected chi connectivity index (χ0v) is 19.0. The Morgan fingerprint density at radius 3 is 2.59 bits per heavy atom. The van der Waals surface area contributed by atoms with Gasteiger partial charge in [-0.2, -0.15) is 0 Å². The van der Waals surface area contributed by atoms with Gasteiger partial charge in [0.15, 0.2) is 17.3 Å². The fraction of sp³-hybridized carbons (Fsp3) is 0.560. The van der Waals surface area contributed by atoms with Crippen LogP contribution in [0.2, 0.25) is 0 Å². The van der Waals surface area contributed by atoms with Crippen LogP contribution >= 0.6 is 0 Å². The number of carbonyl (C=O) groups is 2. The third kappa shape index (κ3) is 5.03. The van der Waals surface area contributed by atoms with E-state index in [2.05, 4.69) is 10.3 Å². The van der Waals surface area contributed by atoms with Gasteiger partial charge in [0.2, 0.25) is 5.91 Å². The number of aromatic nitrogens is 1. The molecule has 32 heavy (non-hydrogen) atoms. The Labute approximate surface area is 188 Å². The molecule has 0 radical (unpaired) electrons. The number of Topliss-reactive ketones (excluding diaryl/α,β-unsaturated/α-hetero) is 1. The van der Waals surface area contributed by atoms with Gasteiger partial charge in [-0.15, -0.1) is 0 Å². The Morgan fingerprint density at radius 2 is 1.94 bits per heavy atom. The van der Waals surface area contributed by atoms with Gasteiger partial charge in [-0.3, -0.25) is 14.6 Å². The average molecular weight is 442 g/mol. The minimum absolute atomic E-state index is 0.0717. The topological polar surface area (TPSA) is 71.5 Å². The summed E-state index contributed by atoms with van der Waals surface area (Å²) < 4.78 is 20.6. The summed E-state index contributed by atoms with van der Waals surface area (Å²) in [6, 6.07) is 3.02. The number of halogens is 1. The highest BCUT2D eigenvalue weighted by molar-refractivity contribution is 6.08. The fourth-order valence-electron chi connectivity index (χ4n) is 4.41. The van der Waals surface area contributed by atoms with Gasteiger partial charge in [0.05, 0.1) is 23.4 Å². The first-order chi connectivity index (χ1) is 15.5. The maximum atomic E-state index is 14.7. The fourth-order valence-corrected chi connectivity index (χ4v) is 4.41. The number of amides is 1. The molecule has 1 aromatic heterocycles. The quantitative estimate of drug-likeness (QED) is 0.565. The van der Waals surface area contributed by atoms with Crippen LogP contribution in [0.3, 0.4) is 0 Å². The van der Waals surface area contributed by atoms with Gasteiger partial charge in [-0.25, -0.2) is 4.39 Å². The molecule has 0 atom stereocenters. The van der Waals surface area contributed by atoms with Gasteiger partial charge in [-0.1, -0.05) is 6.92 Å². The number of hydrogen-bond acceptors (Lipinski definition) is 5. The van der Waals surface area contributed by atoms with E-state index in [0.29, 0.717) is 47.5 Å². The maximum Gasteiger partial charge on any atom is 0.222 e. The van der Waals surface area contributed by atoms with Gasteiger partial charge < -0.3 is 15.0 Å². The van der Waals surface area contributed by atoms with Crippen LogP contribution in [0, 0.1) is 17.7 Å². The van der Waals surface area contributed by atoms with E-state index in [1.807, 2.05) is 11.8 Å². The number of rotatable bonds is 9. The Bertz CT molecular complexity index is 998. The van der Waals surface area contributed by atoms with E-state index in [1.165, 1.54) is 6.07 Å². The number of nitrogens with zero attached hydrogens (tertiary/aromatic N) is 2. The van der Waals surface area contributed by atoms with E-state index in [1.54, 1.807) is 19.3 Å². The highest BCUT2D eigenvalue weighted by atomic mass is 19.1. The summed E-state index contributed by atoms with van der Waals surface area (Å²) in [5.41, 5.74) is 1.71. The van der Waals surface area contributed by atoms with E-state index in [0.717, 1.165) is 45.2 Å². The number of hydrogen-bond donors (Lipinski definition) is 1. The Morgan fingerprint density at radius 1 is 1.19 bits per heavy atom. The molecule has 2 heterocycles. The number of nitrogens with one attached hydrogen (secondary N) is 1. The molecule has 4 rings (SSSR count). The second-order valence-electron chi connectivity index (χ2n) is 9.05. The molecule has 1 aliphatic heterocycles. The lowest BCUT2D eigenvalue weighted by Gasteiger charge is -2.32. The highest BCUT2D eigenvalue weighted by Crippen LogP contribution is 2.36. The number of anilines is 1. The predicted octanol–water partition coefficient (Wildman–Crippen LogP) is 4.82. The second kappa shape index (κ2) is 9.84. The van der Waals surface area contributed by atoms with Crippen molar-refractivity contribution in [2.24, 2.45) is 11.8 Å². The van der Waals surface area contributed by atoms with Crippen LogP contribution in [0.4, 0.5) is 10.1 Å². The number of carbonyl (C=O) groups excluding carboxylic acids is 2. The molecule has 2 fully saturated rings. The first-order valence-corrected chi connectivity index (χ1v) is 11.7. The molecule has 1 aromatic carbocycles. The zero-order chi connectivity index (χ0) is 22.7. The zero-order valence-electron chi connectivity index (χ0n) is 19.0. The molecule has 2 aliphatic rings. The molecule has 1 amide bonds. The monoisotopic (exact) mass is 441 g/mol. The first kappa shape index (κ1) is 22.5. The van der Waals surface area contributed by atoms with Crippen LogP contribution in [-0.4, -0.2) is 48.3 Å². The SMILES string of the molecule is CCCC(=O)N1CCC(COc2cc3c(NC)c(C(=O)CC4CC4)cnc3cc2F)CC1. The average Bonchev–Trinajstić information content (AvgIpc) is 3.61. The number of likely N-dealkylation sites (tertiary alicyclic amines) is 1. The third-order valence-electron chi connectivity index (χ3n) is 6.55. The van der Waals surface area contributed by atoms with Crippen LogP contribution in [0.15, 0.2) is 18.3 Å². The van der Waals surface area contributed by atoms with Crippen LogP contribution in [0.5, 0.6) is 5.75 Å². The molecule has 0 spiro atoms. The summed E-state index contributed by atoms with van der Waals surface area (Å²) >= 11 is 0. The predicted molar refractivity (Wildman–Crippen MR) is 123 cm³/mol. The molecule has 1 N–H and O–H groups in total. The number of fused-ring (bicyclic) bond motifs is 1. The van der Waals surface area contributed by atoms with Crippen LogP contribution in [-0.2, 0) is 4.79 Å². The smallest absolute Gasteiger partial charge is 0.222 e. The van der Waals surface area contributed by atoms with Crippen LogP contribution in [0.25, 0.3) is 10.9 Å². The van der Waals surface area contributed by atoms with E-state index in [9.17, 15) is 14.0 Å². The molecule has 1 aliphatic carbocycles. The van der Waals surface area contributed by atoms with Gasteiger partial charge >= 0.3 is 0 Å². The van der Waals surface area contributed by atoms with Crippen LogP contribution in [0.1, 0.15) is 62.2 Å². The maximum absolute atomic E-state index is 14.7. The summed E-state index contributed by atoms with van der Waals surface area (Å²) in [6.07, 6.45) is 7.46. The summed E-state index contributed by atoms with van der Waals surface area (Å²) in [4.78, 5) is 31.0. The summed E-state index contributed by atoms with van der Waals surface area (Å²) in [5, 5.41) is 3.80. The van der Waals surface area contributed by atoms with E-state index >= 15 is 0 Å². The van der Waals surface area contributed by atoms with Gasteiger partial charge in [0.25, 0.3) is 0 Å². The minimum atomic E-state index is -0.459. The lowest BCUT2D eigenvalue weighted by atomic mass is 9.97. The van der Waals surface area contributed by atoms with Crippen molar-refractivity contribution >= 4 is 28.3 Å². The second-order valence-corrected chi connectivity index (χ2v) is 9.05. The molecule has 0 unspecified atom stereocenters. The van der Waals surface area contributed by atoms with Gasteiger partial charge in [0, 0.05) is 50.6 Å². The summed E-state index contributed by atoms with van der Waals surface area (Å²) in [6.45, 7) is 3.87. The normalized spacial score (nSPS) is 16.9. The lowest BCUT2D eigenvalue weighted by Crippen LogP contribution is -2.39. The first-order valence-electron chi connectivity index (χ1n) is 11.7. The van der Waals surface area contributed by atoms with Gasteiger partial charge in [0.1, 0.15) is 0 Å². The molecular weight excluding hydrogens is 409 g/mol. The van der Waals surface area contributed by atoms with E-state index in [4.69, 9.17) is 4.74 Å². The van der Waals surface area contributed by atoms with Crippen molar-refractivity contribution in [3.05, 3.63) is 29.7 Å². The number of pyridine rings is 1. The van der Waals surface area contributed by atoms with E-state index < -0.39 is 5.82 Å². The number of ketones is 1. The Balaban J connectivity index is 1.46. The Hall–Kier alpha value is -2.70. The number of ether oxygens (including phenoxy) is 1. The third-order valence-corrected chi connectivity index (χ3v) is 6.55. The number of benzene rings is 1. The van der Waals surface area contributed by atoms with Crippen molar-refractivity contribution in [2.75, 3.05) is 32.1 Å². The van der Waals surface area contributed by atoms with E-state index in [-0.39, 0.29) is 23.4 Å². The lowest BCUT2D eigenvalue weighted by molar-refractivity contribution is -0.132. The van der Waals surface area contributed by atoms with Crippen molar-refractivity contribution in [1.29, 1.82) is 0 Å².